The molecule has 94 valence electrons. The van der Waals surface area contributed by atoms with Gasteiger partial charge in [0.25, 0.3) is 0 Å². The third-order valence-electron chi connectivity index (χ3n) is 2.43. The van der Waals surface area contributed by atoms with E-state index in [-0.39, 0.29) is 12.5 Å². The number of rotatable bonds is 5. The molecule has 1 aromatic rings. The van der Waals surface area contributed by atoms with Crippen LogP contribution in [0.2, 0.25) is 0 Å². The second-order valence-electron chi connectivity index (χ2n) is 4.23. The van der Waals surface area contributed by atoms with Crippen LogP contribution < -0.4 is 0 Å². The van der Waals surface area contributed by atoms with E-state index in [1.165, 1.54) is 0 Å². The SMILES string of the molecule is CC(C)[C@H](O)[C@H](Br)C(=O)OCc1ccccc1. The summed E-state index contributed by atoms with van der Waals surface area (Å²) in [5.41, 5.74) is 0.930. The minimum atomic E-state index is -0.738. The van der Waals surface area contributed by atoms with Crippen LogP contribution in [0.5, 0.6) is 0 Å². The van der Waals surface area contributed by atoms with Gasteiger partial charge in [0.05, 0.1) is 6.10 Å². The number of halogens is 1. The fourth-order valence-corrected chi connectivity index (χ4v) is 2.03. The molecule has 0 amide bonds. The lowest BCUT2D eigenvalue weighted by Crippen LogP contribution is -2.34. The normalized spacial score (nSPS) is 14.4. The van der Waals surface area contributed by atoms with Gasteiger partial charge in [0.1, 0.15) is 11.4 Å². The van der Waals surface area contributed by atoms with Gasteiger partial charge < -0.3 is 9.84 Å². The average molecular weight is 301 g/mol. The molecule has 0 saturated heterocycles. The van der Waals surface area contributed by atoms with Crippen LogP contribution in [0.4, 0.5) is 0 Å². The fourth-order valence-electron chi connectivity index (χ4n) is 1.29. The van der Waals surface area contributed by atoms with Gasteiger partial charge in [-0.15, -0.1) is 0 Å². The summed E-state index contributed by atoms with van der Waals surface area (Å²) in [7, 11) is 0. The van der Waals surface area contributed by atoms with E-state index in [0.29, 0.717) is 0 Å². The lowest BCUT2D eigenvalue weighted by molar-refractivity contribution is -0.146. The summed E-state index contributed by atoms with van der Waals surface area (Å²) in [6.07, 6.45) is -0.738. The topological polar surface area (TPSA) is 46.5 Å². The van der Waals surface area contributed by atoms with E-state index < -0.39 is 16.9 Å². The monoisotopic (exact) mass is 300 g/mol. The first kappa shape index (κ1) is 14.2. The van der Waals surface area contributed by atoms with Gasteiger partial charge in [-0.3, -0.25) is 4.79 Å². The highest BCUT2D eigenvalue weighted by atomic mass is 79.9. The predicted molar refractivity (Wildman–Crippen MR) is 69.8 cm³/mol. The maximum atomic E-state index is 11.6. The standard InChI is InChI=1S/C13H17BrO3/c1-9(2)12(15)11(14)13(16)17-8-10-6-4-3-5-7-10/h3-7,9,11-12,15H,8H2,1-2H3/t11-,12-/m0/s1. The van der Waals surface area contributed by atoms with Gasteiger partial charge in [0.15, 0.2) is 0 Å². The Bertz CT molecular complexity index is 351. The smallest absolute Gasteiger partial charge is 0.322 e. The van der Waals surface area contributed by atoms with Crippen LogP contribution in [0.15, 0.2) is 30.3 Å². The van der Waals surface area contributed by atoms with Crippen molar-refractivity contribution in [3.05, 3.63) is 35.9 Å². The molecule has 1 N–H and O–H groups in total. The summed E-state index contributed by atoms with van der Waals surface area (Å²) < 4.78 is 5.12. The number of aliphatic hydroxyl groups is 1. The van der Waals surface area contributed by atoms with Gasteiger partial charge in [0.2, 0.25) is 0 Å². The van der Waals surface area contributed by atoms with Gasteiger partial charge in [-0.2, -0.15) is 0 Å². The molecule has 0 heterocycles. The number of alkyl halides is 1. The molecule has 0 aromatic heterocycles. The summed E-state index contributed by atoms with van der Waals surface area (Å²) in [6.45, 7) is 3.93. The Kier molecular flexibility index (Phi) is 5.65. The van der Waals surface area contributed by atoms with Gasteiger partial charge in [0, 0.05) is 0 Å². The molecule has 0 aliphatic carbocycles. The van der Waals surface area contributed by atoms with Crippen molar-refractivity contribution in [3.8, 4) is 0 Å². The van der Waals surface area contributed by atoms with Crippen molar-refractivity contribution in [2.24, 2.45) is 5.92 Å². The maximum absolute atomic E-state index is 11.6. The number of ether oxygens (including phenoxy) is 1. The Morgan fingerprint density at radius 1 is 1.35 bits per heavy atom. The average Bonchev–Trinajstić information content (AvgIpc) is 2.35. The van der Waals surface area contributed by atoms with E-state index in [0.717, 1.165) is 5.56 Å². The third kappa shape index (κ3) is 4.48. The van der Waals surface area contributed by atoms with Crippen molar-refractivity contribution in [3.63, 3.8) is 0 Å². The van der Waals surface area contributed by atoms with Crippen molar-refractivity contribution < 1.29 is 14.6 Å². The van der Waals surface area contributed by atoms with E-state index in [9.17, 15) is 9.90 Å². The number of hydrogen-bond donors (Lipinski definition) is 1. The van der Waals surface area contributed by atoms with Crippen LogP contribution in [-0.2, 0) is 16.1 Å². The van der Waals surface area contributed by atoms with Crippen molar-refractivity contribution >= 4 is 21.9 Å². The summed E-state index contributed by atoms with van der Waals surface area (Å²) in [5, 5.41) is 9.71. The van der Waals surface area contributed by atoms with E-state index in [2.05, 4.69) is 15.9 Å². The van der Waals surface area contributed by atoms with Crippen LogP contribution >= 0.6 is 15.9 Å². The Morgan fingerprint density at radius 3 is 2.47 bits per heavy atom. The van der Waals surface area contributed by atoms with Crippen LogP contribution in [-0.4, -0.2) is 22.0 Å². The lowest BCUT2D eigenvalue weighted by atomic mass is 10.0. The Morgan fingerprint density at radius 2 is 1.94 bits per heavy atom. The van der Waals surface area contributed by atoms with Crippen molar-refractivity contribution in [1.82, 2.24) is 0 Å². The molecule has 2 atom stereocenters. The largest absolute Gasteiger partial charge is 0.460 e. The van der Waals surface area contributed by atoms with Crippen LogP contribution in [0.1, 0.15) is 19.4 Å². The summed E-state index contributed by atoms with van der Waals surface area (Å²) >= 11 is 3.16. The van der Waals surface area contributed by atoms with E-state index in [4.69, 9.17) is 4.74 Å². The van der Waals surface area contributed by atoms with E-state index >= 15 is 0 Å². The molecule has 1 rings (SSSR count). The number of hydrogen-bond acceptors (Lipinski definition) is 3. The fraction of sp³-hybridized carbons (Fsp3) is 0.462. The minimum absolute atomic E-state index is 0.00338. The molecule has 0 fully saturated rings. The van der Waals surface area contributed by atoms with Gasteiger partial charge in [-0.1, -0.05) is 60.1 Å². The zero-order valence-electron chi connectivity index (χ0n) is 9.97. The molecule has 0 aliphatic heterocycles. The lowest BCUT2D eigenvalue weighted by Gasteiger charge is -2.19. The van der Waals surface area contributed by atoms with Gasteiger partial charge in [-0.25, -0.2) is 0 Å². The zero-order valence-corrected chi connectivity index (χ0v) is 11.6. The first-order valence-corrected chi connectivity index (χ1v) is 6.46. The predicted octanol–water partition coefficient (Wildman–Crippen LogP) is 2.51. The Labute approximate surface area is 110 Å². The molecule has 0 bridgehead atoms. The highest BCUT2D eigenvalue weighted by molar-refractivity contribution is 9.10. The number of carbonyl (C=O) groups is 1. The Hall–Kier alpha value is -0.870. The minimum Gasteiger partial charge on any atom is -0.460 e. The number of benzene rings is 1. The van der Waals surface area contributed by atoms with Gasteiger partial charge >= 0.3 is 5.97 Å². The number of carbonyl (C=O) groups excluding carboxylic acids is 1. The first-order valence-electron chi connectivity index (χ1n) is 5.55. The summed E-state index contributed by atoms with van der Waals surface area (Å²) in [4.78, 5) is 11.0. The molecule has 17 heavy (non-hydrogen) atoms. The third-order valence-corrected chi connectivity index (χ3v) is 3.35. The molecule has 0 spiro atoms. The quantitative estimate of drug-likeness (QED) is 0.671. The Balaban J connectivity index is 2.45. The molecule has 0 unspecified atom stereocenters. The summed E-state index contributed by atoms with van der Waals surface area (Å²) in [6, 6.07) is 9.45. The maximum Gasteiger partial charge on any atom is 0.322 e. The molecule has 3 nitrogen and oxygen atoms in total. The highest BCUT2D eigenvalue weighted by Gasteiger charge is 2.27. The molecule has 0 aliphatic rings. The van der Waals surface area contributed by atoms with Gasteiger partial charge in [-0.05, 0) is 11.5 Å². The number of esters is 1. The molecule has 0 saturated carbocycles. The summed E-state index contributed by atoms with van der Waals surface area (Å²) in [5.74, 6) is -0.432. The molecule has 4 heteroatoms. The second-order valence-corrected chi connectivity index (χ2v) is 5.22. The molecular weight excluding hydrogens is 284 g/mol. The molecular formula is C13H17BrO3. The van der Waals surface area contributed by atoms with E-state index in [1.54, 1.807) is 0 Å². The van der Waals surface area contributed by atoms with Crippen molar-refractivity contribution in [1.29, 1.82) is 0 Å². The van der Waals surface area contributed by atoms with Crippen LogP contribution in [0.25, 0.3) is 0 Å². The van der Waals surface area contributed by atoms with Crippen LogP contribution in [0, 0.1) is 5.92 Å². The van der Waals surface area contributed by atoms with Crippen molar-refractivity contribution in [2.75, 3.05) is 0 Å². The number of aliphatic hydroxyl groups excluding tert-OH is 1. The van der Waals surface area contributed by atoms with Crippen molar-refractivity contribution in [2.45, 2.75) is 31.4 Å². The van der Waals surface area contributed by atoms with E-state index in [1.807, 2.05) is 44.2 Å². The molecule has 1 aromatic carbocycles. The van der Waals surface area contributed by atoms with Crippen LogP contribution in [0.3, 0.4) is 0 Å². The zero-order chi connectivity index (χ0) is 12.8. The first-order chi connectivity index (χ1) is 8.02. The highest BCUT2D eigenvalue weighted by Crippen LogP contribution is 2.16. The second kappa shape index (κ2) is 6.77. The molecule has 0 radical (unpaired) electrons.